The SMILES string of the molecule is Cc1ccc(CNC(=O)Nc2ccc(S(C)(=O)=O)cc2)c(C)c1. The minimum Gasteiger partial charge on any atom is -0.334 e. The fraction of sp³-hybridized carbons (Fsp3) is 0.235. The molecule has 2 amide bonds. The fourth-order valence-corrected chi connectivity index (χ4v) is 2.81. The second kappa shape index (κ2) is 6.83. The van der Waals surface area contributed by atoms with Crippen molar-refractivity contribution in [3.8, 4) is 0 Å². The van der Waals surface area contributed by atoms with Crippen LogP contribution in [0.4, 0.5) is 10.5 Å². The molecule has 122 valence electrons. The second-order valence-corrected chi connectivity index (χ2v) is 7.55. The topological polar surface area (TPSA) is 75.3 Å². The van der Waals surface area contributed by atoms with Gasteiger partial charge in [0.15, 0.2) is 9.84 Å². The van der Waals surface area contributed by atoms with Crippen LogP contribution in [0.1, 0.15) is 16.7 Å². The minimum absolute atomic E-state index is 0.221. The summed E-state index contributed by atoms with van der Waals surface area (Å²) >= 11 is 0. The second-order valence-electron chi connectivity index (χ2n) is 5.53. The van der Waals surface area contributed by atoms with Gasteiger partial charge in [-0.1, -0.05) is 23.8 Å². The molecule has 0 saturated carbocycles. The number of hydrogen-bond acceptors (Lipinski definition) is 3. The number of amides is 2. The van der Waals surface area contributed by atoms with Gasteiger partial charge in [-0.25, -0.2) is 13.2 Å². The lowest BCUT2D eigenvalue weighted by molar-refractivity contribution is 0.251. The van der Waals surface area contributed by atoms with E-state index in [9.17, 15) is 13.2 Å². The number of rotatable bonds is 4. The molecule has 0 spiro atoms. The smallest absolute Gasteiger partial charge is 0.319 e. The number of carbonyl (C=O) groups excluding carboxylic acids is 1. The first kappa shape index (κ1) is 17.0. The summed E-state index contributed by atoms with van der Waals surface area (Å²) in [5.41, 5.74) is 3.90. The highest BCUT2D eigenvalue weighted by molar-refractivity contribution is 7.90. The summed E-state index contributed by atoms with van der Waals surface area (Å²) in [6.07, 6.45) is 1.14. The molecule has 2 N–H and O–H groups in total. The van der Waals surface area contributed by atoms with E-state index in [0.29, 0.717) is 12.2 Å². The van der Waals surface area contributed by atoms with Gasteiger partial charge in [-0.15, -0.1) is 0 Å². The van der Waals surface area contributed by atoms with Crippen molar-refractivity contribution in [1.82, 2.24) is 5.32 Å². The van der Waals surface area contributed by atoms with Crippen molar-refractivity contribution in [1.29, 1.82) is 0 Å². The quantitative estimate of drug-likeness (QED) is 0.903. The molecule has 0 heterocycles. The maximum absolute atomic E-state index is 11.9. The molecular formula is C17H20N2O3S. The average Bonchev–Trinajstić information content (AvgIpc) is 2.46. The molecule has 0 aromatic heterocycles. The van der Waals surface area contributed by atoms with E-state index in [1.807, 2.05) is 26.0 Å². The largest absolute Gasteiger partial charge is 0.334 e. The zero-order chi connectivity index (χ0) is 17.0. The molecule has 0 saturated heterocycles. The van der Waals surface area contributed by atoms with Crippen LogP contribution in [-0.2, 0) is 16.4 Å². The Kier molecular flexibility index (Phi) is 5.05. The average molecular weight is 332 g/mol. The van der Waals surface area contributed by atoms with Gasteiger partial charge in [-0.3, -0.25) is 0 Å². The lowest BCUT2D eigenvalue weighted by Crippen LogP contribution is -2.28. The number of hydrogen-bond donors (Lipinski definition) is 2. The lowest BCUT2D eigenvalue weighted by atomic mass is 10.1. The number of anilines is 1. The van der Waals surface area contributed by atoms with Crippen molar-refractivity contribution < 1.29 is 13.2 Å². The van der Waals surface area contributed by atoms with E-state index in [1.165, 1.54) is 17.7 Å². The predicted molar refractivity (Wildman–Crippen MR) is 91.3 cm³/mol. The number of carbonyl (C=O) groups is 1. The fourth-order valence-electron chi connectivity index (χ4n) is 2.18. The van der Waals surface area contributed by atoms with Gasteiger partial charge in [0, 0.05) is 18.5 Å². The number of nitrogens with one attached hydrogen (secondary N) is 2. The Morgan fingerprint density at radius 2 is 1.70 bits per heavy atom. The van der Waals surface area contributed by atoms with Gasteiger partial charge >= 0.3 is 6.03 Å². The molecule has 0 bridgehead atoms. The van der Waals surface area contributed by atoms with E-state index < -0.39 is 9.84 Å². The normalized spacial score (nSPS) is 11.1. The third-order valence-electron chi connectivity index (χ3n) is 3.48. The van der Waals surface area contributed by atoms with Crippen LogP contribution in [0.3, 0.4) is 0 Å². The molecular weight excluding hydrogens is 312 g/mol. The predicted octanol–water partition coefficient (Wildman–Crippen LogP) is 3.03. The van der Waals surface area contributed by atoms with Crippen molar-refractivity contribution in [3.05, 3.63) is 59.2 Å². The van der Waals surface area contributed by atoms with Crippen LogP contribution < -0.4 is 10.6 Å². The molecule has 0 aliphatic rings. The monoisotopic (exact) mass is 332 g/mol. The van der Waals surface area contributed by atoms with Gasteiger partial charge in [-0.05, 0) is 49.2 Å². The van der Waals surface area contributed by atoms with E-state index >= 15 is 0 Å². The summed E-state index contributed by atoms with van der Waals surface area (Å²) in [4.78, 5) is 12.1. The zero-order valence-corrected chi connectivity index (χ0v) is 14.2. The highest BCUT2D eigenvalue weighted by Crippen LogP contribution is 2.14. The minimum atomic E-state index is -3.23. The Balaban J connectivity index is 1.94. The van der Waals surface area contributed by atoms with Crippen LogP contribution in [0.15, 0.2) is 47.4 Å². The third-order valence-corrected chi connectivity index (χ3v) is 4.61. The van der Waals surface area contributed by atoms with Gasteiger partial charge in [-0.2, -0.15) is 0 Å². The molecule has 0 aliphatic heterocycles. The summed E-state index contributed by atoms with van der Waals surface area (Å²) in [6, 6.07) is 11.8. The van der Waals surface area contributed by atoms with Crippen molar-refractivity contribution in [2.45, 2.75) is 25.3 Å². The number of urea groups is 1. The van der Waals surface area contributed by atoms with Gasteiger partial charge in [0.25, 0.3) is 0 Å². The molecule has 0 unspecified atom stereocenters. The summed E-state index contributed by atoms with van der Waals surface area (Å²) in [5.74, 6) is 0. The summed E-state index contributed by atoms with van der Waals surface area (Å²) in [6.45, 7) is 4.46. The van der Waals surface area contributed by atoms with Crippen LogP contribution in [0.25, 0.3) is 0 Å². The van der Waals surface area contributed by atoms with E-state index in [-0.39, 0.29) is 10.9 Å². The van der Waals surface area contributed by atoms with Crippen LogP contribution in [0.5, 0.6) is 0 Å². The highest BCUT2D eigenvalue weighted by Gasteiger charge is 2.07. The first-order chi connectivity index (χ1) is 10.8. The molecule has 6 heteroatoms. The lowest BCUT2D eigenvalue weighted by Gasteiger charge is -2.10. The molecule has 2 aromatic rings. The molecule has 5 nitrogen and oxygen atoms in total. The van der Waals surface area contributed by atoms with Crippen molar-refractivity contribution in [2.24, 2.45) is 0 Å². The zero-order valence-electron chi connectivity index (χ0n) is 13.4. The molecule has 2 aromatic carbocycles. The molecule has 23 heavy (non-hydrogen) atoms. The summed E-state index contributed by atoms with van der Waals surface area (Å²) < 4.78 is 22.8. The molecule has 0 atom stereocenters. The van der Waals surface area contributed by atoms with Crippen molar-refractivity contribution >= 4 is 21.6 Å². The third kappa shape index (κ3) is 4.82. The highest BCUT2D eigenvalue weighted by atomic mass is 32.2. The number of sulfone groups is 1. The van der Waals surface area contributed by atoms with Crippen molar-refractivity contribution in [3.63, 3.8) is 0 Å². The Morgan fingerprint density at radius 3 is 2.26 bits per heavy atom. The molecule has 0 aliphatic carbocycles. The summed E-state index contributed by atoms with van der Waals surface area (Å²) in [5, 5.41) is 5.46. The van der Waals surface area contributed by atoms with E-state index in [2.05, 4.69) is 16.7 Å². The Labute approximate surface area is 136 Å². The first-order valence-electron chi connectivity index (χ1n) is 7.17. The van der Waals surface area contributed by atoms with E-state index in [0.717, 1.165) is 17.4 Å². The van der Waals surface area contributed by atoms with E-state index in [4.69, 9.17) is 0 Å². The van der Waals surface area contributed by atoms with Gasteiger partial charge in [0.2, 0.25) is 0 Å². The van der Waals surface area contributed by atoms with Crippen LogP contribution in [0, 0.1) is 13.8 Å². The standard InChI is InChI=1S/C17H20N2O3S/c1-12-4-5-14(13(2)10-12)11-18-17(20)19-15-6-8-16(9-7-15)23(3,21)22/h4-10H,11H2,1-3H3,(H2,18,19,20). The summed E-state index contributed by atoms with van der Waals surface area (Å²) in [7, 11) is -3.23. The number of aryl methyl sites for hydroxylation is 2. The van der Waals surface area contributed by atoms with Crippen molar-refractivity contribution in [2.75, 3.05) is 11.6 Å². The van der Waals surface area contributed by atoms with Gasteiger partial charge in [0.05, 0.1) is 4.90 Å². The van der Waals surface area contributed by atoms with E-state index in [1.54, 1.807) is 12.1 Å². The van der Waals surface area contributed by atoms with Crippen LogP contribution in [0.2, 0.25) is 0 Å². The van der Waals surface area contributed by atoms with Crippen LogP contribution in [-0.4, -0.2) is 20.7 Å². The Bertz CT molecular complexity index is 812. The number of benzene rings is 2. The van der Waals surface area contributed by atoms with Crippen LogP contribution >= 0.6 is 0 Å². The van der Waals surface area contributed by atoms with Gasteiger partial charge < -0.3 is 10.6 Å². The Hall–Kier alpha value is -2.34. The molecule has 0 fully saturated rings. The van der Waals surface area contributed by atoms with Gasteiger partial charge in [0.1, 0.15) is 0 Å². The molecule has 2 rings (SSSR count). The maximum Gasteiger partial charge on any atom is 0.319 e. The molecule has 0 radical (unpaired) electrons. The Morgan fingerprint density at radius 1 is 1.04 bits per heavy atom. The first-order valence-corrected chi connectivity index (χ1v) is 9.06. The maximum atomic E-state index is 11.9.